The second-order valence-corrected chi connectivity index (χ2v) is 11.6. The molecule has 2 atom stereocenters. The van der Waals surface area contributed by atoms with E-state index in [0.717, 1.165) is 40.3 Å². The van der Waals surface area contributed by atoms with E-state index in [9.17, 15) is 9.59 Å². The highest BCUT2D eigenvalue weighted by Crippen LogP contribution is 2.29. The van der Waals surface area contributed by atoms with Crippen LogP contribution >= 0.6 is 22.6 Å². The number of aromatic amines is 1. The minimum atomic E-state index is -0.554. The van der Waals surface area contributed by atoms with Crippen LogP contribution in [0, 0.1) is 0 Å². The first-order chi connectivity index (χ1) is 18.1. The lowest BCUT2D eigenvalue weighted by atomic mass is 9.91. The van der Waals surface area contributed by atoms with E-state index < -0.39 is 11.7 Å². The highest BCUT2D eigenvalue weighted by atomic mass is 127. The number of alkyl carbamates (subject to hydrolysis) is 1. The number of benzene rings is 1. The van der Waals surface area contributed by atoms with Crippen LogP contribution < -0.4 is 10.6 Å². The zero-order chi connectivity index (χ0) is 27.0. The van der Waals surface area contributed by atoms with Crippen molar-refractivity contribution >= 4 is 56.7 Å². The van der Waals surface area contributed by atoms with Gasteiger partial charge in [0.05, 0.1) is 17.3 Å². The number of fused-ring (bicyclic) bond motifs is 2. The predicted octanol–water partition coefficient (Wildman–Crippen LogP) is 5.01. The molecule has 1 aliphatic carbocycles. The molecule has 11 heteroatoms. The Balaban J connectivity index is 1.34. The highest BCUT2D eigenvalue weighted by Gasteiger charge is 2.27. The molecule has 0 aliphatic heterocycles. The summed E-state index contributed by atoms with van der Waals surface area (Å²) < 4.78 is 8.15. The number of amides is 2. The summed E-state index contributed by atoms with van der Waals surface area (Å²) in [5.41, 5.74) is 4.51. The summed E-state index contributed by atoms with van der Waals surface area (Å²) in [6.07, 6.45) is 6.14. The number of carbonyl (C=O) groups is 2. The first kappa shape index (κ1) is 26.4. The molecule has 1 aliphatic rings. The molecule has 1 aromatic carbocycles. The van der Waals surface area contributed by atoms with Gasteiger partial charge in [-0.25, -0.2) is 14.8 Å². The fourth-order valence-electron chi connectivity index (χ4n) is 4.94. The molecule has 0 radical (unpaired) electrons. The van der Waals surface area contributed by atoms with E-state index in [-0.39, 0.29) is 18.0 Å². The summed E-state index contributed by atoms with van der Waals surface area (Å²) in [5, 5.41) is 11.8. The van der Waals surface area contributed by atoms with Gasteiger partial charge in [-0.15, -0.1) is 0 Å². The second-order valence-electron chi connectivity index (χ2n) is 10.8. The van der Waals surface area contributed by atoms with Gasteiger partial charge in [0.1, 0.15) is 22.5 Å². The number of carbonyl (C=O) groups excluding carboxylic acids is 2. The topological polar surface area (TPSA) is 127 Å². The average Bonchev–Trinajstić information content (AvgIpc) is 3.43. The van der Waals surface area contributed by atoms with Gasteiger partial charge in [-0.3, -0.25) is 9.48 Å². The van der Waals surface area contributed by atoms with Crippen molar-refractivity contribution < 1.29 is 14.3 Å². The number of aromatic nitrogens is 5. The van der Waals surface area contributed by atoms with Gasteiger partial charge < -0.3 is 20.4 Å². The smallest absolute Gasteiger partial charge is 0.407 e. The molecular formula is C27H32IN7O3. The largest absolute Gasteiger partial charge is 0.444 e. The van der Waals surface area contributed by atoms with Gasteiger partial charge in [0, 0.05) is 35.1 Å². The van der Waals surface area contributed by atoms with E-state index in [1.807, 2.05) is 32.5 Å². The lowest BCUT2D eigenvalue weighted by molar-refractivity contribution is 0.0489. The van der Waals surface area contributed by atoms with E-state index in [0.29, 0.717) is 28.8 Å². The number of hydrogen-bond donors (Lipinski definition) is 3. The van der Waals surface area contributed by atoms with Crippen LogP contribution in [0.3, 0.4) is 0 Å². The molecule has 3 N–H and O–H groups in total. The van der Waals surface area contributed by atoms with Crippen molar-refractivity contribution in [3.05, 3.63) is 41.7 Å². The van der Waals surface area contributed by atoms with Gasteiger partial charge in [-0.2, -0.15) is 5.10 Å². The third-order valence-corrected chi connectivity index (χ3v) is 7.55. The van der Waals surface area contributed by atoms with Gasteiger partial charge in [0.2, 0.25) is 0 Å². The van der Waals surface area contributed by atoms with Crippen LogP contribution in [-0.4, -0.2) is 54.4 Å². The van der Waals surface area contributed by atoms with Crippen molar-refractivity contribution in [3.8, 4) is 11.4 Å². The highest BCUT2D eigenvalue weighted by molar-refractivity contribution is 14.1. The first-order valence-electron chi connectivity index (χ1n) is 12.8. The van der Waals surface area contributed by atoms with Crippen LogP contribution in [0.25, 0.3) is 33.5 Å². The van der Waals surface area contributed by atoms with E-state index in [1.165, 1.54) is 5.56 Å². The first-order valence-corrected chi connectivity index (χ1v) is 14.3. The molecule has 0 spiro atoms. The average molecular weight is 630 g/mol. The number of H-pyrrole nitrogens is 1. The Labute approximate surface area is 234 Å². The van der Waals surface area contributed by atoms with Gasteiger partial charge in [0.15, 0.2) is 5.65 Å². The molecule has 3 aromatic heterocycles. The molecule has 200 valence electrons. The summed E-state index contributed by atoms with van der Waals surface area (Å²) in [6, 6.07) is 6.17. The van der Waals surface area contributed by atoms with E-state index in [2.05, 4.69) is 61.4 Å². The second kappa shape index (κ2) is 10.5. The third-order valence-electron chi connectivity index (χ3n) is 6.67. The minimum absolute atomic E-state index is 0.0524. The SMILES string of the molecule is Cn1nc(-c2cnc3[nH]cc(C(=O)N[C@@H]4CCC[C@H](NC(=O)OC(C)(C)C)C4)c3n2)c2ccc(CI)cc21. The number of nitrogens with one attached hydrogen (secondary N) is 3. The number of nitrogens with zero attached hydrogens (tertiary/aromatic N) is 4. The Morgan fingerprint density at radius 3 is 2.71 bits per heavy atom. The Bertz CT molecular complexity index is 1500. The molecule has 5 rings (SSSR count). The van der Waals surface area contributed by atoms with Crippen molar-refractivity contribution in [2.45, 2.75) is 68.6 Å². The van der Waals surface area contributed by atoms with Crippen LogP contribution in [0.5, 0.6) is 0 Å². The molecule has 10 nitrogen and oxygen atoms in total. The molecule has 0 bridgehead atoms. The molecule has 3 heterocycles. The number of hydrogen-bond acceptors (Lipinski definition) is 6. The zero-order valence-electron chi connectivity index (χ0n) is 22.0. The van der Waals surface area contributed by atoms with Crippen molar-refractivity contribution in [2.24, 2.45) is 7.05 Å². The van der Waals surface area contributed by atoms with Gasteiger partial charge in [-0.1, -0.05) is 34.7 Å². The van der Waals surface area contributed by atoms with E-state index >= 15 is 0 Å². The quantitative estimate of drug-likeness (QED) is 0.211. The summed E-state index contributed by atoms with van der Waals surface area (Å²) in [7, 11) is 1.92. The Morgan fingerprint density at radius 2 is 1.97 bits per heavy atom. The summed E-state index contributed by atoms with van der Waals surface area (Å²) >= 11 is 2.35. The number of alkyl halides is 1. The number of aryl methyl sites for hydroxylation is 1. The Kier molecular flexibility index (Phi) is 7.30. The molecule has 4 aromatic rings. The fourth-order valence-corrected chi connectivity index (χ4v) is 5.42. The van der Waals surface area contributed by atoms with Gasteiger partial charge in [0.25, 0.3) is 5.91 Å². The van der Waals surface area contributed by atoms with E-state index in [1.54, 1.807) is 12.4 Å². The molecule has 38 heavy (non-hydrogen) atoms. The van der Waals surface area contributed by atoms with Crippen LogP contribution in [-0.2, 0) is 16.2 Å². The molecule has 1 saturated carbocycles. The standard InChI is InChI=1S/C27H32IN7O3/c1-27(2,3)38-26(37)32-17-7-5-6-16(11-17)31-25(36)19-13-29-24-23(19)33-20(14-30-24)22-18-9-8-15(12-28)10-21(18)35(4)34-22/h8-10,13-14,16-17H,5-7,11-12H2,1-4H3,(H,29,30)(H,31,36)(H,32,37)/t16-,17+/m1/s1. The van der Waals surface area contributed by atoms with E-state index in [4.69, 9.17) is 14.8 Å². The van der Waals surface area contributed by atoms with Gasteiger partial charge in [-0.05, 0) is 58.1 Å². The number of ether oxygens (including phenoxy) is 1. The minimum Gasteiger partial charge on any atom is -0.444 e. The Morgan fingerprint density at radius 1 is 1.21 bits per heavy atom. The lowest BCUT2D eigenvalue weighted by Crippen LogP contribution is -2.46. The van der Waals surface area contributed by atoms with Crippen LogP contribution in [0.1, 0.15) is 62.4 Å². The zero-order valence-corrected chi connectivity index (χ0v) is 24.1. The van der Waals surface area contributed by atoms with Crippen molar-refractivity contribution in [1.82, 2.24) is 35.4 Å². The molecular weight excluding hydrogens is 597 g/mol. The fraction of sp³-hybridized carbons (Fsp3) is 0.444. The third kappa shape index (κ3) is 5.62. The molecule has 0 saturated heterocycles. The normalized spacial score (nSPS) is 18.0. The van der Waals surface area contributed by atoms with Crippen LogP contribution in [0.15, 0.2) is 30.6 Å². The predicted molar refractivity (Wildman–Crippen MR) is 154 cm³/mol. The van der Waals surface area contributed by atoms with Gasteiger partial charge >= 0.3 is 6.09 Å². The molecule has 0 unspecified atom stereocenters. The van der Waals surface area contributed by atoms with Crippen LogP contribution in [0.2, 0.25) is 0 Å². The molecule has 2 amide bonds. The monoisotopic (exact) mass is 629 g/mol. The van der Waals surface area contributed by atoms with Crippen molar-refractivity contribution in [2.75, 3.05) is 0 Å². The summed E-state index contributed by atoms with van der Waals surface area (Å²) in [4.78, 5) is 37.9. The maximum atomic E-state index is 13.3. The molecule has 1 fully saturated rings. The summed E-state index contributed by atoms with van der Waals surface area (Å²) in [6.45, 7) is 5.51. The maximum Gasteiger partial charge on any atom is 0.407 e. The Hall–Kier alpha value is -3.22. The number of halogens is 1. The number of rotatable bonds is 5. The van der Waals surface area contributed by atoms with Crippen LogP contribution in [0.4, 0.5) is 4.79 Å². The summed E-state index contributed by atoms with van der Waals surface area (Å²) in [5.74, 6) is -0.219. The van der Waals surface area contributed by atoms with Crippen molar-refractivity contribution in [3.63, 3.8) is 0 Å². The lowest BCUT2D eigenvalue weighted by Gasteiger charge is -2.31. The maximum absolute atomic E-state index is 13.3. The van der Waals surface area contributed by atoms with Crippen molar-refractivity contribution in [1.29, 1.82) is 0 Å².